The number of rotatable bonds is 3. The van der Waals surface area contributed by atoms with Gasteiger partial charge in [0.25, 0.3) is 0 Å². The minimum Gasteiger partial charge on any atom is -0.313 e. The maximum Gasteiger partial charge on any atom is 0.0130 e. The lowest BCUT2D eigenvalue weighted by Gasteiger charge is -2.24. The van der Waals surface area contributed by atoms with Crippen molar-refractivity contribution >= 4 is 0 Å². The van der Waals surface area contributed by atoms with Gasteiger partial charge in [-0.3, -0.25) is 0 Å². The highest BCUT2D eigenvalue weighted by molar-refractivity contribution is 5.30. The second-order valence-corrected chi connectivity index (χ2v) is 8.10. The molecule has 0 aromatic heterocycles. The Kier molecular flexibility index (Phi) is 2.96. The summed E-state index contributed by atoms with van der Waals surface area (Å²) in [6, 6.07) is 9.92. The molecule has 2 bridgehead atoms. The van der Waals surface area contributed by atoms with Gasteiger partial charge in [0.1, 0.15) is 0 Å². The van der Waals surface area contributed by atoms with Crippen LogP contribution in [0.25, 0.3) is 0 Å². The Bertz CT molecular complexity index is 471. The van der Waals surface area contributed by atoms with Crippen LogP contribution in [0, 0.1) is 23.2 Å². The van der Waals surface area contributed by atoms with Crippen LogP contribution in [0.1, 0.15) is 44.2 Å². The molecule has 3 unspecified atom stereocenters. The standard InChI is InChI=1S/C19H27N/c1-19(2)11-17(19)12-20-18-15-7-8-16(18)10-14-6-4-3-5-13(14)9-15/h3-6,15-18,20H,7-12H2,1-2H3. The van der Waals surface area contributed by atoms with Crippen LogP contribution in [0.15, 0.2) is 24.3 Å². The van der Waals surface area contributed by atoms with Crippen molar-refractivity contribution in [2.45, 2.75) is 52.0 Å². The van der Waals surface area contributed by atoms with Gasteiger partial charge in [-0.15, -0.1) is 0 Å². The van der Waals surface area contributed by atoms with Crippen LogP contribution in [0.3, 0.4) is 0 Å². The van der Waals surface area contributed by atoms with Crippen LogP contribution in [-0.4, -0.2) is 12.6 Å². The van der Waals surface area contributed by atoms with Crippen molar-refractivity contribution in [2.24, 2.45) is 23.2 Å². The molecule has 3 aliphatic carbocycles. The summed E-state index contributed by atoms with van der Waals surface area (Å²) in [5.41, 5.74) is 3.86. The molecule has 3 aliphatic rings. The van der Waals surface area contributed by atoms with E-state index in [1.807, 2.05) is 0 Å². The molecule has 4 rings (SSSR count). The topological polar surface area (TPSA) is 12.0 Å². The summed E-state index contributed by atoms with van der Waals surface area (Å²) < 4.78 is 0. The molecule has 1 nitrogen and oxygen atoms in total. The van der Waals surface area contributed by atoms with Crippen molar-refractivity contribution in [3.63, 3.8) is 0 Å². The zero-order valence-electron chi connectivity index (χ0n) is 12.9. The Morgan fingerprint density at radius 1 is 1.05 bits per heavy atom. The average molecular weight is 269 g/mol. The van der Waals surface area contributed by atoms with Crippen molar-refractivity contribution in [3.05, 3.63) is 35.4 Å². The maximum atomic E-state index is 3.98. The van der Waals surface area contributed by atoms with Gasteiger partial charge in [-0.2, -0.15) is 0 Å². The van der Waals surface area contributed by atoms with Crippen LogP contribution in [-0.2, 0) is 12.8 Å². The van der Waals surface area contributed by atoms with E-state index in [1.54, 1.807) is 11.1 Å². The van der Waals surface area contributed by atoms with Crippen molar-refractivity contribution < 1.29 is 0 Å². The molecule has 1 heteroatoms. The monoisotopic (exact) mass is 269 g/mol. The first-order chi connectivity index (χ1) is 9.63. The van der Waals surface area contributed by atoms with Crippen LogP contribution < -0.4 is 5.32 Å². The van der Waals surface area contributed by atoms with Gasteiger partial charge in [0, 0.05) is 6.04 Å². The highest BCUT2D eigenvalue weighted by Gasteiger charge is 2.46. The smallest absolute Gasteiger partial charge is 0.0130 e. The summed E-state index contributed by atoms with van der Waals surface area (Å²) in [4.78, 5) is 0. The van der Waals surface area contributed by atoms with Crippen molar-refractivity contribution in [1.29, 1.82) is 0 Å². The Labute approximate surface area is 123 Å². The molecular formula is C19H27N. The average Bonchev–Trinajstić information content (AvgIpc) is 2.89. The van der Waals surface area contributed by atoms with Gasteiger partial charge in [0.05, 0.1) is 0 Å². The van der Waals surface area contributed by atoms with Gasteiger partial charge in [-0.25, -0.2) is 0 Å². The molecule has 0 heterocycles. The summed E-state index contributed by atoms with van der Waals surface area (Å²) in [7, 11) is 0. The van der Waals surface area contributed by atoms with Gasteiger partial charge in [-0.05, 0) is 72.9 Å². The summed E-state index contributed by atoms with van der Waals surface area (Å²) >= 11 is 0. The molecule has 2 fully saturated rings. The maximum absolute atomic E-state index is 3.98. The van der Waals surface area contributed by atoms with E-state index >= 15 is 0 Å². The quantitative estimate of drug-likeness (QED) is 0.879. The van der Waals surface area contributed by atoms with Gasteiger partial charge >= 0.3 is 0 Å². The van der Waals surface area contributed by atoms with E-state index in [-0.39, 0.29) is 0 Å². The molecule has 0 amide bonds. The molecule has 0 saturated heterocycles. The Balaban J connectivity index is 1.47. The predicted octanol–water partition coefficient (Wildman–Crippen LogP) is 3.82. The summed E-state index contributed by atoms with van der Waals surface area (Å²) in [6.45, 7) is 6.08. The third kappa shape index (κ3) is 2.20. The van der Waals surface area contributed by atoms with Crippen LogP contribution >= 0.6 is 0 Å². The van der Waals surface area contributed by atoms with E-state index in [4.69, 9.17) is 0 Å². The number of hydrogen-bond acceptors (Lipinski definition) is 1. The van der Waals surface area contributed by atoms with Gasteiger partial charge < -0.3 is 5.32 Å². The molecule has 20 heavy (non-hydrogen) atoms. The largest absolute Gasteiger partial charge is 0.313 e. The van der Waals surface area contributed by atoms with Crippen LogP contribution in [0.2, 0.25) is 0 Å². The molecule has 1 aromatic rings. The zero-order valence-corrected chi connectivity index (χ0v) is 12.9. The number of fused-ring (bicyclic) bond motifs is 3. The zero-order chi connectivity index (χ0) is 13.7. The third-order valence-electron chi connectivity index (χ3n) is 6.32. The first-order valence-electron chi connectivity index (χ1n) is 8.44. The van der Waals surface area contributed by atoms with Crippen molar-refractivity contribution in [2.75, 3.05) is 6.54 Å². The number of hydrogen-bond donors (Lipinski definition) is 1. The number of benzene rings is 1. The van der Waals surface area contributed by atoms with Crippen LogP contribution in [0.4, 0.5) is 0 Å². The van der Waals surface area contributed by atoms with Gasteiger partial charge in [-0.1, -0.05) is 38.1 Å². The Morgan fingerprint density at radius 3 is 2.10 bits per heavy atom. The molecule has 1 N–H and O–H groups in total. The van der Waals surface area contributed by atoms with Crippen LogP contribution in [0.5, 0.6) is 0 Å². The van der Waals surface area contributed by atoms with E-state index < -0.39 is 0 Å². The molecule has 1 aromatic carbocycles. The molecule has 2 saturated carbocycles. The molecule has 0 radical (unpaired) electrons. The normalized spacial score (nSPS) is 37.3. The van der Waals surface area contributed by atoms with Crippen molar-refractivity contribution in [3.8, 4) is 0 Å². The van der Waals surface area contributed by atoms with Crippen molar-refractivity contribution in [1.82, 2.24) is 5.32 Å². The fourth-order valence-electron chi connectivity index (χ4n) is 4.69. The summed E-state index contributed by atoms with van der Waals surface area (Å²) in [5.74, 6) is 2.68. The summed E-state index contributed by atoms with van der Waals surface area (Å²) in [5, 5.41) is 3.98. The minimum atomic E-state index is 0.611. The lowest BCUT2D eigenvalue weighted by Crippen LogP contribution is -2.39. The lowest BCUT2D eigenvalue weighted by molar-refractivity contribution is 0.330. The predicted molar refractivity (Wildman–Crippen MR) is 83.7 cm³/mol. The van der Waals surface area contributed by atoms with Gasteiger partial charge in [0.15, 0.2) is 0 Å². The lowest BCUT2D eigenvalue weighted by atomic mass is 9.94. The van der Waals surface area contributed by atoms with E-state index in [2.05, 4.69) is 43.4 Å². The van der Waals surface area contributed by atoms with E-state index in [1.165, 1.54) is 38.6 Å². The fraction of sp³-hybridized carbons (Fsp3) is 0.684. The second kappa shape index (κ2) is 4.59. The molecule has 0 aliphatic heterocycles. The molecular weight excluding hydrogens is 242 g/mol. The van der Waals surface area contributed by atoms with E-state index in [0.29, 0.717) is 5.41 Å². The minimum absolute atomic E-state index is 0.611. The SMILES string of the molecule is CC1(C)CC1CNC1C2CCC1Cc1ccccc1C2. The summed E-state index contributed by atoms with van der Waals surface area (Å²) in [6.07, 6.45) is 6.90. The highest BCUT2D eigenvalue weighted by atomic mass is 15.0. The highest BCUT2D eigenvalue weighted by Crippen LogP contribution is 2.51. The molecule has 0 spiro atoms. The fourth-order valence-corrected chi connectivity index (χ4v) is 4.69. The number of nitrogens with one attached hydrogen (secondary N) is 1. The van der Waals surface area contributed by atoms with Gasteiger partial charge in [0.2, 0.25) is 0 Å². The molecule has 3 atom stereocenters. The van der Waals surface area contributed by atoms with E-state index in [9.17, 15) is 0 Å². The van der Waals surface area contributed by atoms with E-state index in [0.717, 1.165) is 23.8 Å². The first kappa shape index (κ1) is 12.9. The Hall–Kier alpha value is -0.820. The third-order valence-corrected chi connectivity index (χ3v) is 6.32. The first-order valence-corrected chi connectivity index (χ1v) is 8.44. The Morgan fingerprint density at radius 2 is 1.60 bits per heavy atom. The molecule has 108 valence electrons. The second-order valence-electron chi connectivity index (χ2n) is 8.10.